The van der Waals surface area contributed by atoms with Gasteiger partial charge in [-0.05, 0) is 29.8 Å². The average molecular weight is 428 g/mol. The number of non-ortho nitro benzene ring substituents is 1. The second-order valence-electron chi connectivity index (χ2n) is 5.37. The van der Waals surface area contributed by atoms with Gasteiger partial charge in [0.1, 0.15) is 6.33 Å². The Labute approximate surface area is 163 Å². The highest BCUT2D eigenvalue weighted by atomic mass is 35.5. The molecule has 1 N–H and O–H groups in total. The number of nitro groups is 1. The first-order valence-electron chi connectivity index (χ1n) is 7.35. The van der Waals surface area contributed by atoms with Gasteiger partial charge in [0.05, 0.1) is 26.4 Å². The minimum atomic E-state index is -3.98. The van der Waals surface area contributed by atoms with Crippen LogP contribution < -0.4 is 4.72 Å². The SMILES string of the molecule is O=[N+]([O-])c1ccc(S(=O)(=O)Nc2ncn(Cc3ccc(Cl)c(Cl)c3)n2)cc1. The first kappa shape index (κ1) is 19.1. The van der Waals surface area contributed by atoms with Crippen molar-refractivity contribution < 1.29 is 13.3 Å². The van der Waals surface area contributed by atoms with E-state index in [1.165, 1.54) is 11.0 Å². The summed E-state index contributed by atoms with van der Waals surface area (Å²) in [5.41, 5.74) is 0.594. The summed E-state index contributed by atoms with van der Waals surface area (Å²) in [7, 11) is -3.98. The molecule has 3 rings (SSSR count). The third-order valence-corrected chi connectivity index (χ3v) is 5.53. The highest BCUT2D eigenvalue weighted by molar-refractivity contribution is 7.92. The molecule has 27 heavy (non-hydrogen) atoms. The molecule has 1 aromatic heterocycles. The van der Waals surface area contributed by atoms with Gasteiger partial charge >= 0.3 is 0 Å². The van der Waals surface area contributed by atoms with Crippen LogP contribution in [0.3, 0.4) is 0 Å². The number of nitrogens with one attached hydrogen (secondary N) is 1. The van der Waals surface area contributed by atoms with Crippen molar-refractivity contribution in [3.63, 3.8) is 0 Å². The smallest absolute Gasteiger partial charge is 0.258 e. The highest BCUT2D eigenvalue weighted by Crippen LogP contribution is 2.23. The molecule has 9 nitrogen and oxygen atoms in total. The number of nitro benzene ring substituents is 1. The Morgan fingerprint density at radius 2 is 1.81 bits per heavy atom. The number of hydrogen-bond acceptors (Lipinski definition) is 6. The van der Waals surface area contributed by atoms with Crippen LogP contribution in [0.15, 0.2) is 53.7 Å². The van der Waals surface area contributed by atoms with Crippen molar-refractivity contribution in [3.05, 3.63) is 74.5 Å². The number of nitrogens with zero attached hydrogens (tertiary/aromatic N) is 4. The van der Waals surface area contributed by atoms with Gasteiger partial charge < -0.3 is 0 Å². The van der Waals surface area contributed by atoms with Crippen LogP contribution in [-0.2, 0) is 16.6 Å². The number of aromatic nitrogens is 3. The Bertz CT molecular complexity index is 1100. The number of anilines is 1. The minimum Gasteiger partial charge on any atom is -0.258 e. The van der Waals surface area contributed by atoms with Crippen molar-refractivity contribution in [2.75, 3.05) is 4.72 Å². The van der Waals surface area contributed by atoms with Crippen molar-refractivity contribution in [2.45, 2.75) is 11.4 Å². The molecule has 0 aliphatic rings. The van der Waals surface area contributed by atoms with Gasteiger partial charge in [0.25, 0.3) is 21.7 Å². The zero-order valence-corrected chi connectivity index (χ0v) is 15.7. The number of sulfonamides is 1. The molecular weight excluding hydrogens is 417 g/mol. The van der Waals surface area contributed by atoms with E-state index in [0.29, 0.717) is 16.6 Å². The zero-order chi connectivity index (χ0) is 19.6. The Morgan fingerprint density at radius 3 is 2.44 bits per heavy atom. The molecule has 0 saturated heterocycles. The number of benzene rings is 2. The van der Waals surface area contributed by atoms with Crippen molar-refractivity contribution in [3.8, 4) is 0 Å². The normalized spacial score (nSPS) is 11.3. The van der Waals surface area contributed by atoms with E-state index in [-0.39, 0.29) is 16.5 Å². The molecule has 0 aliphatic carbocycles. The summed E-state index contributed by atoms with van der Waals surface area (Å²) >= 11 is 11.8. The maximum absolute atomic E-state index is 12.3. The van der Waals surface area contributed by atoms with E-state index in [4.69, 9.17) is 23.2 Å². The van der Waals surface area contributed by atoms with Crippen LogP contribution in [0.4, 0.5) is 11.6 Å². The van der Waals surface area contributed by atoms with Crippen LogP contribution in [0.25, 0.3) is 0 Å². The molecule has 0 bridgehead atoms. The number of rotatable bonds is 6. The summed E-state index contributed by atoms with van der Waals surface area (Å²) in [6.45, 7) is 0.309. The maximum atomic E-state index is 12.3. The van der Waals surface area contributed by atoms with Gasteiger partial charge in [0, 0.05) is 12.1 Å². The molecule has 0 radical (unpaired) electrons. The summed E-state index contributed by atoms with van der Waals surface area (Å²) in [6, 6.07) is 9.55. The van der Waals surface area contributed by atoms with Crippen molar-refractivity contribution in [2.24, 2.45) is 0 Å². The molecule has 0 atom stereocenters. The second kappa shape index (κ2) is 7.51. The van der Waals surface area contributed by atoms with Gasteiger partial charge in [-0.1, -0.05) is 29.3 Å². The Balaban J connectivity index is 1.74. The zero-order valence-electron chi connectivity index (χ0n) is 13.4. The largest absolute Gasteiger partial charge is 0.269 e. The van der Waals surface area contributed by atoms with Gasteiger partial charge in [-0.25, -0.2) is 17.8 Å². The third kappa shape index (κ3) is 4.54. The second-order valence-corrected chi connectivity index (χ2v) is 7.87. The summed E-state index contributed by atoms with van der Waals surface area (Å²) in [5.74, 6) is -0.131. The number of halogens is 2. The summed E-state index contributed by atoms with van der Waals surface area (Å²) in [4.78, 5) is 13.8. The van der Waals surface area contributed by atoms with E-state index in [0.717, 1.165) is 29.8 Å². The lowest BCUT2D eigenvalue weighted by Gasteiger charge is -2.05. The summed E-state index contributed by atoms with van der Waals surface area (Å²) in [6.07, 6.45) is 1.36. The van der Waals surface area contributed by atoms with Gasteiger partial charge in [-0.2, -0.15) is 4.98 Å². The lowest BCUT2D eigenvalue weighted by atomic mass is 10.2. The van der Waals surface area contributed by atoms with Crippen LogP contribution in [0.2, 0.25) is 10.0 Å². The van der Waals surface area contributed by atoms with Crippen LogP contribution in [0.5, 0.6) is 0 Å². The monoisotopic (exact) mass is 427 g/mol. The van der Waals surface area contributed by atoms with Gasteiger partial charge in [0.2, 0.25) is 0 Å². The fourth-order valence-electron chi connectivity index (χ4n) is 2.17. The molecule has 3 aromatic rings. The Kier molecular flexibility index (Phi) is 5.31. The topological polar surface area (TPSA) is 120 Å². The van der Waals surface area contributed by atoms with Crippen molar-refractivity contribution in [1.82, 2.24) is 14.8 Å². The van der Waals surface area contributed by atoms with Crippen LogP contribution >= 0.6 is 23.2 Å². The van der Waals surface area contributed by atoms with E-state index >= 15 is 0 Å². The molecule has 0 aliphatic heterocycles. The fraction of sp³-hybridized carbons (Fsp3) is 0.0667. The van der Waals surface area contributed by atoms with Crippen LogP contribution in [-0.4, -0.2) is 28.1 Å². The minimum absolute atomic E-state index is 0.131. The van der Waals surface area contributed by atoms with Gasteiger partial charge in [-0.3, -0.25) is 10.1 Å². The molecule has 0 unspecified atom stereocenters. The van der Waals surface area contributed by atoms with Crippen molar-refractivity contribution in [1.29, 1.82) is 0 Å². The number of hydrogen-bond donors (Lipinski definition) is 1. The van der Waals surface area contributed by atoms with E-state index in [9.17, 15) is 18.5 Å². The fourth-order valence-corrected chi connectivity index (χ4v) is 3.44. The molecule has 0 spiro atoms. The first-order valence-corrected chi connectivity index (χ1v) is 9.59. The quantitative estimate of drug-likeness (QED) is 0.475. The van der Waals surface area contributed by atoms with Gasteiger partial charge in [0.15, 0.2) is 0 Å². The molecule has 12 heteroatoms. The lowest BCUT2D eigenvalue weighted by Crippen LogP contribution is -2.14. The standard InChI is InChI=1S/C15H11Cl2N5O4S/c16-13-6-1-10(7-14(13)17)8-21-9-18-15(19-21)20-27(25,26)12-4-2-11(3-5-12)22(23)24/h1-7,9H,8H2,(H,19,20). The molecule has 0 amide bonds. The summed E-state index contributed by atoms with van der Waals surface area (Å²) in [5, 5.41) is 15.5. The van der Waals surface area contributed by atoms with Crippen LogP contribution in [0.1, 0.15) is 5.56 Å². The summed E-state index contributed by atoms with van der Waals surface area (Å²) < 4.78 is 28.3. The molecule has 140 valence electrons. The van der Waals surface area contributed by atoms with Gasteiger partial charge in [-0.15, -0.1) is 5.10 Å². The molecule has 0 fully saturated rings. The predicted octanol–water partition coefficient (Wildman–Crippen LogP) is 3.34. The molecule has 0 saturated carbocycles. The lowest BCUT2D eigenvalue weighted by molar-refractivity contribution is -0.384. The van der Waals surface area contributed by atoms with Crippen molar-refractivity contribution >= 4 is 44.9 Å². The third-order valence-electron chi connectivity index (χ3n) is 3.45. The van der Waals surface area contributed by atoms with E-state index in [2.05, 4.69) is 14.8 Å². The highest BCUT2D eigenvalue weighted by Gasteiger charge is 2.18. The first-order chi connectivity index (χ1) is 12.7. The average Bonchev–Trinajstić information content (AvgIpc) is 3.04. The molecule has 1 heterocycles. The molecule has 2 aromatic carbocycles. The van der Waals surface area contributed by atoms with E-state index in [1.807, 2.05) is 0 Å². The maximum Gasteiger partial charge on any atom is 0.269 e. The predicted molar refractivity (Wildman–Crippen MR) is 99.5 cm³/mol. The van der Waals surface area contributed by atoms with E-state index < -0.39 is 14.9 Å². The Morgan fingerprint density at radius 1 is 1.11 bits per heavy atom. The van der Waals surface area contributed by atoms with E-state index in [1.54, 1.807) is 18.2 Å². The molecular formula is C15H11Cl2N5O4S. The van der Waals surface area contributed by atoms with Crippen LogP contribution in [0, 0.1) is 10.1 Å². The Hall–Kier alpha value is -2.69.